The van der Waals surface area contributed by atoms with Crippen molar-refractivity contribution in [2.75, 3.05) is 4.72 Å². The fourth-order valence-corrected chi connectivity index (χ4v) is 3.33. The molecule has 1 heterocycles. The molecule has 0 aliphatic carbocycles. The van der Waals surface area contributed by atoms with E-state index in [1.54, 1.807) is 0 Å². The van der Waals surface area contributed by atoms with Gasteiger partial charge in [0.15, 0.2) is 0 Å². The van der Waals surface area contributed by atoms with E-state index >= 15 is 0 Å². The van der Waals surface area contributed by atoms with Gasteiger partial charge in [0.05, 0.1) is 18.0 Å². The molecule has 0 bridgehead atoms. The Balaban J connectivity index is 2.46. The molecule has 0 spiro atoms. The first-order chi connectivity index (χ1) is 9.36. The largest absolute Gasteiger partial charge is 0.390 e. The molecular formula is C12H14FN3O3S. The van der Waals surface area contributed by atoms with Crippen molar-refractivity contribution in [1.29, 1.82) is 0 Å². The number of rotatable bonds is 4. The molecule has 0 saturated heterocycles. The van der Waals surface area contributed by atoms with Gasteiger partial charge in [0.2, 0.25) is 0 Å². The van der Waals surface area contributed by atoms with Crippen LogP contribution in [0.4, 0.5) is 10.1 Å². The highest BCUT2D eigenvalue weighted by Gasteiger charge is 2.24. The topological polar surface area (TPSA) is 95.1 Å². The van der Waals surface area contributed by atoms with Crippen molar-refractivity contribution < 1.29 is 17.9 Å². The van der Waals surface area contributed by atoms with Gasteiger partial charge in [0.1, 0.15) is 16.4 Å². The summed E-state index contributed by atoms with van der Waals surface area (Å²) in [6.07, 6.45) is 0. The predicted octanol–water partition coefficient (Wildman–Crippen LogP) is 1.46. The zero-order valence-electron chi connectivity index (χ0n) is 10.9. The van der Waals surface area contributed by atoms with Crippen LogP contribution in [-0.4, -0.2) is 23.7 Å². The lowest BCUT2D eigenvalue weighted by atomic mass is 10.2. The van der Waals surface area contributed by atoms with Gasteiger partial charge in [-0.3, -0.25) is 9.82 Å². The molecule has 2 aromatic rings. The number of aryl methyl sites for hydroxylation is 1. The van der Waals surface area contributed by atoms with E-state index in [0.29, 0.717) is 5.69 Å². The van der Waals surface area contributed by atoms with Crippen molar-refractivity contribution in [2.24, 2.45) is 0 Å². The number of hydrogen-bond donors (Lipinski definition) is 3. The molecule has 108 valence electrons. The molecule has 0 amide bonds. The van der Waals surface area contributed by atoms with E-state index < -0.39 is 22.4 Å². The van der Waals surface area contributed by atoms with Gasteiger partial charge in [-0.1, -0.05) is 6.07 Å². The zero-order valence-corrected chi connectivity index (χ0v) is 11.8. The summed E-state index contributed by atoms with van der Waals surface area (Å²) >= 11 is 0. The maximum Gasteiger partial charge on any atom is 0.265 e. The quantitative estimate of drug-likeness (QED) is 0.796. The maximum absolute atomic E-state index is 13.4. The van der Waals surface area contributed by atoms with Crippen LogP contribution < -0.4 is 4.72 Å². The number of anilines is 1. The van der Waals surface area contributed by atoms with Crippen LogP contribution in [0.3, 0.4) is 0 Å². The molecule has 0 aliphatic heterocycles. The van der Waals surface area contributed by atoms with Crippen molar-refractivity contribution in [3.63, 3.8) is 0 Å². The van der Waals surface area contributed by atoms with E-state index in [0.717, 1.165) is 0 Å². The summed E-state index contributed by atoms with van der Waals surface area (Å²) < 4.78 is 40.4. The minimum absolute atomic E-state index is 0.0176. The molecule has 0 fully saturated rings. The Morgan fingerprint density at radius 1 is 1.40 bits per heavy atom. The Labute approximate surface area is 115 Å². The van der Waals surface area contributed by atoms with E-state index in [4.69, 9.17) is 5.11 Å². The standard InChI is InChI=1S/C12H14FN3O3S/c1-7-9(13)4-3-5-10(7)16-20(18,19)12-8(2)14-15-11(12)6-17/h3-5,16-17H,6H2,1-2H3,(H,14,15). The molecule has 0 saturated carbocycles. The van der Waals surface area contributed by atoms with E-state index in [2.05, 4.69) is 14.9 Å². The Hall–Kier alpha value is -1.93. The van der Waals surface area contributed by atoms with Crippen molar-refractivity contribution in [3.8, 4) is 0 Å². The van der Waals surface area contributed by atoms with Crippen molar-refractivity contribution in [2.45, 2.75) is 25.3 Å². The van der Waals surface area contributed by atoms with Crippen LogP contribution in [0, 0.1) is 19.7 Å². The highest BCUT2D eigenvalue weighted by molar-refractivity contribution is 7.92. The summed E-state index contributed by atoms with van der Waals surface area (Å²) in [4.78, 5) is -0.122. The summed E-state index contributed by atoms with van der Waals surface area (Å²) in [7, 11) is -3.95. The van der Waals surface area contributed by atoms with Crippen LogP contribution in [0.1, 0.15) is 17.0 Å². The Bertz CT molecular complexity index is 740. The first-order valence-electron chi connectivity index (χ1n) is 5.79. The molecule has 1 aromatic heterocycles. The molecule has 2 rings (SSSR count). The summed E-state index contributed by atoms with van der Waals surface area (Å²) in [5.41, 5.74) is 0.664. The van der Waals surface area contributed by atoms with Gasteiger partial charge in [0.25, 0.3) is 10.0 Å². The third-order valence-corrected chi connectivity index (χ3v) is 4.46. The van der Waals surface area contributed by atoms with Gasteiger partial charge in [-0.05, 0) is 26.0 Å². The van der Waals surface area contributed by atoms with Crippen molar-refractivity contribution in [3.05, 3.63) is 41.0 Å². The van der Waals surface area contributed by atoms with Crippen molar-refractivity contribution in [1.82, 2.24) is 10.2 Å². The second-order valence-electron chi connectivity index (χ2n) is 4.30. The highest BCUT2D eigenvalue weighted by atomic mass is 32.2. The number of nitrogens with zero attached hydrogens (tertiary/aromatic N) is 1. The van der Waals surface area contributed by atoms with E-state index in [9.17, 15) is 12.8 Å². The number of aliphatic hydroxyl groups excluding tert-OH is 1. The van der Waals surface area contributed by atoms with Gasteiger partial charge < -0.3 is 5.11 Å². The lowest BCUT2D eigenvalue weighted by Crippen LogP contribution is -2.16. The molecule has 0 radical (unpaired) electrons. The summed E-state index contributed by atoms with van der Waals surface area (Å²) in [6.45, 7) is 2.49. The van der Waals surface area contributed by atoms with Crippen LogP contribution in [-0.2, 0) is 16.6 Å². The number of aromatic nitrogens is 2. The number of nitrogens with one attached hydrogen (secondary N) is 2. The molecule has 0 aliphatic rings. The van der Waals surface area contributed by atoms with Crippen LogP contribution in [0.2, 0.25) is 0 Å². The smallest absolute Gasteiger partial charge is 0.265 e. The monoisotopic (exact) mass is 299 g/mol. The first-order valence-corrected chi connectivity index (χ1v) is 7.27. The Kier molecular flexibility index (Phi) is 3.78. The van der Waals surface area contributed by atoms with Gasteiger partial charge in [-0.15, -0.1) is 0 Å². The summed E-state index contributed by atoms with van der Waals surface area (Å²) in [6, 6.07) is 4.12. The number of sulfonamides is 1. The summed E-state index contributed by atoms with van der Waals surface area (Å²) in [5.74, 6) is -0.503. The fourth-order valence-electron chi connectivity index (χ4n) is 1.85. The number of aliphatic hydroxyl groups is 1. The van der Waals surface area contributed by atoms with E-state index in [-0.39, 0.29) is 21.8 Å². The maximum atomic E-state index is 13.4. The van der Waals surface area contributed by atoms with Crippen LogP contribution in [0.5, 0.6) is 0 Å². The number of benzene rings is 1. The normalized spacial score (nSPS) is 11.6. The molecule has 8 heteroatoms. The minimum Gasteiger partial charge on any atom is -0.390 e. The molecule has 1 aromatic carbocycles. The highest BCUT2D eigenvalue weighted by Crippen LogP contribution is 2.24. The third kappa shape index (κ3) is 2.52. The fraction of sp³-hybridized carbons (Fsp3) is 0.250. The van der Waals surface area contributed by atoms with Gasteiger partial charge in [-0.2, -0.15) is 5.10 Å². The Morgan fingerprint density at radius 2 is 2.10 bits per heavy atom. The SMILES string of the molecule is Cc1[nH]nc(CO)c1S(=O)(=O)Nc1cccc(F)c1C. The average molecular weight is 299 g/mol. The minimum atomic E-state index is -3.95. The van der Waals surface area contributed by atoms with Gasteiger partial charge >= 0.3 is 0 Å². The molecular weight excluding hydrogens is 285 g/mol. The van der Waals surface area contributed by atoms with E-state index in [1.165, 1.54) is 32.0 Å². The number of hydrogen-bond acceptors (Lipinski definition) is 4. The van der Waals surface area contributed by atoms with Gasteiger partial charge in [0, 0.05) is 5.56 Å². The average Bonchev–Trinajstić information content (AvgIpc) is 2.77. The lowest BCUT2D eigenvalue weighted by Gasteiger charge is -2.11. The van der Waals surface area contributed by atoms with Crippen LogP contribution in [0.15, 0.2) is 23.1 Å². The number of halogens is 1. The van der Waals surface area contributed by atoms with Gasteiger partial charge in [-0.25, -0.2) is 12.8 Å². The molecule has 3 N–H and O–H groups in total. The summed E-state index contributed by atoms with van der Waals surface area (Å²) in [5, 5.41) is 15.3. The lowest BCUT2D eigenvalue weighted by molar-refractivity contribution is 0.273. The molecule has 20 heavy (non-hydrogen) atoms. The second kappa shape index (κ2) is 5.22. The van der Waals surface area contributed by atoms with Crippen LogP contribution in [0.25, 0.3) is 0 Å². The second-order valence-corrected chi connectivity index (χ2v) is 5.92. The number of H-pyrrole nitrogens is 1. The molecule has 6 nitrogen and oxygen atoms in total. The third-order valence-electron chi connectivity index (χ3n) is 2.89. The van der Waals surface area contributed by atoms with E-state index in [1.807, 2.05) is 0 Å². The first kappa shape index (κ1) is 14.5. The van der Waals surface area contributed by atoms with Crippen molar-refractivity contribution >= 4 is 15.7 Å². The number of aromatic amines is 1. The molecule has 0 unspecified atom stereocenters. The Morgan fingerprint density at radius 3 is 2.75 bits per heavy atom. The zero-order chi connectivity index (χ0) is 14.9. The predicted molar refractivity (Wildman–Crippen MR) is 71.2 cm³/mol. The molecule has 0 atom stereocenters. The van der Waals surface area contributed by atoms with Crippen LogP contribution >= 0.6 is 0 Å².